The summed E-state index contributed by atoms with van der Waals surface area (Å²) in [7, 11) is -7.37. The second-order valence-corrected chi connectivity index (χ2v) is 12.2. The number of morpholine rings is 1. The zero-order chi connectivity index (χ0) is 24.3. The van der Waals surface area contributed by atoms with Crippen molar-refractivity contribution in [3.05, 3.63) is 52.1 Å². The van der Waals surface area contributed by atoms with Crippen LogP contribution in [0.25, 0.3) is 10.2 Å². The molecule has 0 atom stereocenters. The van der Waals surface area contributed by atoms with Crippen LogP contribution >= 0.6 is 11.3 Å². The molecule has 1 saturated heterocycles. The number of nitrogens with one attached hydrogen (secondary N) is 1. The molecule has 0 bridgehead atoms. The van der Waals surface area contributed by atoms with Crippen molar-refractivity contribution < 1.29 is 26.3 Å². The first-order chi connectivity index (χ1) is 16.2. The second-order valence-electron chi connectivity index (χ2n) is 7.48. The van der Waals surface area contributed by atoms with Gasteiger partial charge in [-0.1, -0.05) is 11.3 Å². The normalized spacial score (nSPS) is 15.6. The number of nitrogens with zero attached hydrogens (tertiary/aromatic N) is 2. The van der Waals surface area contributed by atoms with Gasteiger partial charge in [0.15, 0.2) is 0 Å². The van der Waals surface area contributed by atoms with E-state index in [1.54, 1.807) is 10.6 Å². The Morgan fingerprint density at radius 3 is 2.38 bits per heavy atom. The van der Waals surface area contributed by atoms with E-state index < -0.39 is 20.0 Å². The van der Waals surface area contributed by atoms with E-state index in [0.29, 0.717) is 48.8 Å². The number of fused-ring (bicyclic) bond motifs is 1. The Bertz CT molecular complexity index is 1420. The molecule has 1 aliphatic heterocycles. The fraction of sp³-hybridized carbons (Fsp3) is 0.381. The lowest BCUT2D eigenvalue weighted by Crippen LogP contribution is -2.40. The summed E-state index contributed by atoms with van der Waals surface area (Å²) in [4.78, 5) is 12.1. The molecule has 0 aliphatic carbocycles. The Morgan fingerprint density at radius 2 is 1.71 bits per heavy atom. The zero-order valence-electron chi connectivity index (χ0n) is 18.5. The lowest BCUT2D eigenvalue weighted by molar-refractivity contribution is 0.0730. The predicted molar refractivity (Wildman–Crippen MR) is 128 cm³/mol. The Labute approximate surface area is 201 Å². The Balaban J connectivity index is 1.34. The number of sulfonamides is 2. The van der Waals surface area contributed by atoms with Crippen molar-refractivity contribution >= 4 is 41.6 Å². The molecule has 1 aromatic heterocycles. The summed E-state index contributed by atoms with van der Waals surface area (Å²) in [6.45, 7) is 3.81. The van der Waals surface area contributed by atoms with Crippen LogP contribution in [0.5, 0.6) is 5.75 Å². The molecule has 184 valence electrons. The first kappa shape index (κ1) is 24.8. The van der Waals surface area contributed by atoms with Crippen molar-refractivity contribution in [3.8, 4) is 5.75 Å². The molecule has 2 aromatic carbocycles. The van der Waals surface area contributed by atoms with Crippen molar-refractivity contribution in [3.63, 3.8) is 0 Å². The van der Waals surface area contributed by atoms with Crippen molar-refractivity contribution in [1.29, 1.82) is 0 Å². The van der Waals surface area contributed by atoms with E-state index in [1.807, 2.05) is 6.92 Å². The molecule has 1 aliphatic rings. The minimum absolute atomic E-state index is 0.0143. The highest BCUT2D eigenvalue weighted by Crippen LogP contribution is 2.22. The smallest absolute Gasteiger partial charge is 0.308 e. The molecule has 1 N–H and O–H groups in total. The summed E-state index contributed by atoms with van der Waals surface area (Å²) in [5.74, 6) is 0.423. The molecule has 0 amide bonds. The van der Waals surface area contributed by atoms with Crippen molar-refractivity contribution in [2.45, 2.75) is 23.3 Å². The fourth-order valence-corrected chi connectivity index (χ4v) is 7.10. The van der Waals surface area contributed by atoms with Crippen LogP contribution < -0.4 is 14.3 Å². The van der Waals surface area contributed by atoms with Crippen LogP contribution in [0.2, 0.25) is 0 Å². The van der Waals surface area contributed by atoms with Crippen LogP contribution in [0.3, 0.4) is 0 Å². The first-order valence-electron chi connectivity index (χ1n) is 10.7. The van der Waals surface area contributed by atoms with Gasteiger partial charge in [0.05, 0.1) is 33.2 Å². The Morgan fingerprint density at radius 1 is 1.03 bits per heavy atom. The summed E-state index contributed by atoms with van der Waals surface area (Å²) < 4.78 is 67.4. The van der Waals surface area contributed by atoms with Crippen LogP contribution in [0.15, 0.2) is 57.1 Å². The Kier molecular flexibility index (Phi) is 7.40. The highest BCUT2D eigenvalue weighted by atomic mass is 32.2. The summed E-state index contributed by atoms with van der Waals surface area (Å²) in [6.07, 6.45) is 0. The largest absolute Gasteiger partial charge is 0.492 e. The topological polar surface area (TPSA) is 124 Å². The molecule has 3 aromatic rings. The molecule has 0 radical (unpaired) electrons. The van der Waals surface area contributed by atoms with Gasteiger partial charge in [0.25, 0.3) is 0 Å². The van der Waals surface area contributed by atoms with Gasteiger partial charge >= 0.3 is 4.87 Å². The maximum Gasteiger partial charge on any atom is 0.308 e. The fourth-order valence-electron chi connectivity index (χ4n) is 3.59. The average molecular weight is 528 g/mol. The number of aromatic nitrogens is 1. The number of aryl methyl sites for hydroxylation is 1. The first-order valence-corrected chi connectivity index (χ1v) is 14.4. The van der Waals surface area contributed by atoms with Crippen LogP contribution in [0.4, 0.5) is 0 Å². The summed E-state index contributed by atoms with van der Waals surface area (Å²) >= 11 is 1.01. The lowest BCUT2D eigenvalue weighted by Gasteiger charge is -2.26. The zero-order valence-corrected chi connectivity index (χ0v) is 20.9. The van der Waals surface area contributed by atoms with E-state index in [4.69, 9.17) is 9.47 Å². The SMILES string of the molecule is CCn1c(=O)sc2cc(S(=O)(=O)NCCOc3ccc(S(=O)(=O)N4CCOCC4)cc3)ccc21. The molecule has 10 nitrogen and oxygen atoms in total. The van der Waals surface area contributed by atoms with Gasteiger partial charge < -0.3 is 9.47 Å². The van der Waals surface area contributed by atoms with Gasteiger partial charge in [0, 0.05) is 26.2 Å². The number of hydrogen-bond acceptors (Lipinski definition) is 8. The maximum atomic E-state index is 12.7. The second kappa shape index (κ2) is 10.1. The van der Waals surface area contributed by atoms with E-state index >= 15 is 0 Å². The molecular weight excluding hydrogens is 502 g/mol. The van der Waals surface area contributed by atoms with Gasteiger partial charge in [-0.2, -0.15) is 4.31 Å². The van der Waals surface area contributed by atoms with Crippen molar-refractivity contribution in [1.82, 2.24) is 13.6 Å². The lowest BCUT2D eigenvalue weighted by atomic mass is 10.3. The van der Waals surface area contributed by atoms with Gasteiger partial charge in [0.1, 0.15) is 12.4 Å². The van der Waals surface area contributed by atoms with Gasteiger partial charge in [-0.3, -0.25) is 9.36 Å². The number of rotatable bonds is 9. The predicted octanol–water partition coefficient (Wildman–Crippen LogP) is 1.46. The van der Waals surface area contributed by atoms with Crippen LogP contribution in [-0.2, 0) is 31.3 Å². The highest BCUT2D eigenvalue weighted by molar-refractivity contribution is 7.89. The highest BCUT2D eigenvalue weighted by Gasteiger charge is 2.26. The maximum absolute atomic E-state index is 12.7. The van der Waals surface area contributed by atoms with Crippen LogP contribution in [0.1, 0.15) is 6.92 Å². The third-order valence-corrected chi connectivity index (χ3v) is 9.67. The minimum Gasteiger partial charge on any atom is -0.492 e. The quantitative estimate of drug-likeness (QED) is 0.418. The molecule has 0 spiro atoms. The molecule has 1 fully saturated rings. The van der Waals surface area contributed by atoms with Crippen LogP contribution in [-0.4, -0.2) is 65.2 Å². The van der Waals surface area contributed by atoms with Crippen molar-refractivity contribution in [2.75, 3.05) is 39.5 Å². The molecule has 0 unspecified atom stereocenters. The van der Waals surface area contributed by atoms with E-state index in [9.17, 15) is 21.6 Å². The Hall–Kier alpha value is -2.29. The molecule has 13 heteroatoms. The van der Waals surface area contributed by atoms with Gasteiger partial charge in [-0.05, 0) is 49.4 Å². The summed E-state index contributed by atoms with van der Waals surface area (Å²) in [5.41, 5.74) is 0.707. The van der Waals surface area contributed by atoms with Gasteiger partial charge in [0.2, 0.25) is 20.0 Å². The number of thiazole rings is 1. The third kappa shape index (κ3) is 5.19. The van der Waals surface area contributed by atoms with Gasteiger partial charge in [-0.25, -0.2) is 21.6 Å². The minimum atomic E-state index is -3.78. The standard InChI is InChI=1S/C21H25N3O7S3/c1-2-24-19-8-7-18(15-20(19)32-21(24)25)33(26,27)22-9-12-31-16-3-5-17(6-4-16)34(28,29)23-10-13-30-14-11-23/h3-8,15,22H,2,9-14H2,1H3. The number of benzene rings is 2. The van der Waals surface area contributed by atoms with E-state index in [-0.39, 0.29) is 27.8 Å². The van der Waals surface area contributed by atoms with Crippen LogP contribution in [0, 0.1) is 0 Å². The number of hydrogen-bond donors (Lipinski definition) is 1. The molecule has 2 heterocycles. The molecule has 0 saturated carbocycles. The van der Waals surface area contributed by atoms with E-state index in [2.05, 4.69) is 4.72 Å². The average Bonchev–Trinajstić information content (AvgIpc) is 3.16. The van der Waals surface area contributed by atoms with Gasteiger partial charge in [-0.15, -0.1) is 0 Å². The monoisotopic (exact) mass is 527 g/mol. The third-order valence-electron chi connectivity index (χ3n) is 5.36. The van der Waals surface area contributed by atoms with E-state index in [1.165, 1.54) is 40.7 Å². The van der Waals surface area contributed by atoms with E-state index in [0.717, 1.165) is 11.3 Å². The molecule has 34 heavy (non-hydrogen) atoms. The molecular formula is C21H25N3O7S3. The summed E-state index contributed by atoms with van der Waals surface area (Å²) in [5, 5.41) is 0. The summed E-state index contributed by atoms with van der Waals surface area (Å²) in [6, 6.07) is 10.6. The van der Waals surface area contributed by atoms with Crippen molar-refractivity contribution in [2.24, 2.45) is 0 Å². The molecule has 4 rings (SSSR count). The number of ether oxygens (including phenoxy) is 2.